The quantitative estimate of drug-likeness (QED) is 0.666. The number of benzene rings is 2. The van der Waals surface area contributed by atoms with Crippen molar-refractivity contribution in [2.45, 2.75) is 19.9 Å². The summed E-state index contributed by atoms with van der Waals surface area (Å²) in [5.74, 6) is 0. The van der Waals surface area contributed by atoms with Crippen molar-refractivity contribution in [3.63, 3.8) is 0 Å². The average molecular weight is 266 g/mol. The first-order valence-corrected chi connectivity index (χ1v) is 6.89. The van der Waals surface area contributed by atoms with Crippen molar-refractivity contribution in [1.29, 1.82) is 0 Å². The molecule has 0 bridgehead atoms. The number of fused-ring (bicyclic) bond motifs is 1. The second-order valence-electron chi connectivity index (χ2n) is 5.22. The first kappa shape index (κ1) is 12.7. The molecule has 3 rings (SSSR count). The third kappa shape index (κ3) is 2.39. The van der Waals surface area contributed by atoms with Crippen molar-refractivity contribution in [1.82, 2.24) is 0 Å². The molecule has 3 heteroatoms. The standard InChI is InChI=1S/C17H18N2O/c1-13-5-4-6-14(11-13)12-19-10-9-16(18-20)15-7-2-3-8-17(15)19/h2-8,11,20H,9-10,12H2,1H3. The summed E-state index contributed by atoms with van der Waals surface area (Å²) >= 11 is 0. The number of anilines is 1. The highest BCUT2D eigenvalue weighted by atomic mass is 16.4. The fourth-order valence-electron chi connectivity index (χ4n) is 2.79. The van der Waals surface area contributed by atoms with E-state index in [1.165, 1.54) is 11.1 Å². The van der Waals surface area contributed by atoms with Gasteiger partial charge in [0.1, 0.15) is 0 Å². The van der Waals surface area contributed by atoms with Crippen molar-refractivity contribution in [3.05, 3.63) is 65.2 Å². The molecule has 1 N–H and O–H groups in total. The predicted octanol–water partition coefficient (Wildman–Crippen LogP) is 3.58. The zero-order chi connectivity index (χ0) is 13.9. The molecule has 0 saturated carbocycles. The minimum Gasteiger partial charge on any atom is -0.411 e. The van der Waals surface area contributed by atoms with Crippen LogP contribution in [0.3, 0.4) is 0 Å². The molecule has 0 aliphatic carbocycles. The molecule has 0 aromatic heterocycles. The Morgan fingerprint density at radius 1 is 1.15 bits per heavy atom. The molecule has 1 aliphatic heterocycles. The zero-order valence-corrected chi connectivity index (χ0v) is 11.6. The van der Waals surface area contributed by atoms with Gasteiger partial charge in [-0.1, -0.05) is 53.2 Å². The molecular weight excluding hydrogens is 248 g/mol. The summed E-state index contributed by atoms with van der Waals surface area (Å²) in [6.45, 7) is 3.88. The molecule has 0 unspecified atom stereocenters. The molecular formula is C17H18N2O. The highest BCUT2D eigenvalue weighted by molar-refractivity contribution is 6.06. The van der Waals surface area contributed by atoms with Crippen molar-refractivity contribution in [2.24, 2.45) is 5.16 Å². The summed E-state index contributed by atoms with van der Waals surface area (Å²) in [6, 6.07) is 16.7. The first-order valence-electron chi connectivity index (χ1n) is 6.89. The van der Waals surface area contributed by atoms with E-state index in [0.717, 1.165) is 36.5 Å². The van der Waals surface area contributed by atoms with Crippen LogP contribution in [-0.2, 0) is 6.54 Å². The second kappa shape index (κ2) is 5.37. The molecule has 102 valence electrons. The van der Waals surface area contributed by atoms with Gasteiger partial charge in [0.05, 0.1) is 5.71 Å². The van der Waals surface area contributed by atoms with Crippen LogP contribution in [0.1, 0.15) is 23.1 Å². The van der Waals surface area contributed by atoms with Crippen molar-refractivity contribution in [3.8, 4) is 0 Å². The fraction of sp³-hybridized carbons (Fsp3) is 0.235. The molecule has 1 aliphatic rings. The Morgan fingerprint density at radius 3 is 2.80 bits per heavy atom. The molecule has 2 aromatic rings. The monoisotopic (exact) mass is 266 g/mol. The van der Waals surface area contributed by atoms with Crippen LogP contribution in [0.5, 0.6) is 0 Å². The maximum absolute atomic E-state index is 9.12. The smallest absolute Gasteiger partial charge is 0.0906 e. The lowest BCUT2D eigenvalue weighted by Crippen LogP contribution is -2.31. The van der Waals surface area contributed by atoms with Crippen LogP contribution in [-0.4, -0.2) is 17.5 Å². The molecule has 0 amide bonds. The van der Waals surface area contributed by atoms with Crippen LogP contribution in [0.15, 0.2) is 53.7 Å². The van der Waals surface area contributed by atoms with Gasteiger partial charge in [0, 0.05) is 30.8 Å². The van der Waals surface area contributed by atoms with E-state index in [0.29, 0.717) is 0 Å². The predicted molar refractivity (Wildman–Crippen MR) is 81.6 cm³/mol. The van der Waals surface area contributed by atoms with E-state index in [1.807, 2.05) is 18.2 Å². The highest BCUT2D eigenvalue weighted by Crippen LogP contribution is 2.28. The topological polar surface area (TPSA) is 35.8 Å². The molecule has 3 nitrogen and oxygen atoms in total. The molecule has 0 saturated heterocycles. The summed E-state index contributed by atoms with van der Waals surface area (Å²) in [6.07, 6.45) is 0.777. The SMILES string of the molecule is Cc1cccc(CN2CCC(=NO)c3ccccc32)c1. The molecule has 0 atom stereocenters. The van der Waals surface area contributed by atoms with E-state index in [-0.39, 0.29) is 0 Å². The van der Waals surface area contributed by atoms with Gasteiger partial charge in [-0.2, -0.15) is 0 Å². The van der Waals surface area contributed by atoms with E-state index in [4.69, 9.17) is 5.21 Å². The number of nitrogens with zero attached hydrogens (tertiary/aromatic N) is 2. The summed E-state index contributed by atoms with van der Waals surface area (Å²) in [4.78, 5) is 2.35. The molecule has 20 heavy (non-hydrogen) atoms. The van der Waals surface area contributed by atoms with E-state index in [2.05, 4.69) is 47.3 Å². The highest BCUT2D eigenvalue weighted by Gasteiger charge is 2.21. The van der Waals surface area contributed by atoms with Crippen LogP contribution < -0.4 is 4.90 Å². The molecule has 0 radical (unpaired) electrons. The Kier molecular flexibility index (Phi) is 3.42. The number of aryl methyl sites for hydroxylation is 1. The minimum atomic E-state index is 0.777. The number of hydrogen-bond donors (Lipinski definition) is 1. The van der Waals surface area contributed by atoms with Gasteiger partial charge in [0.25, 0.3) is 0 Å². The minimum absolute atomic E-state index is 0.777. The normalized spacial score (nSPS) is 16.2. The van der Waals surface area contributed by atoms with Crippen LogP contribution in [0.25, 0.3) is 0 Å². The van der Waals surface area contributed by atoms with Gasteiger partial charge in [-0.15, -0.1) is 0 Å². The number of para-hydroxylation sites is 1. The summed E-state index contributed by atoms with van der Waals surface area (Å²) in [5, 5.41) is 12.6. The van der Waals surface area contributed by atoms with E-state index < -0.39 is 0 Å². The Morgan fingerprint density at radius 2 is 2.00 bits per heavy atom. The van der Waals surface area contributed by atoms with Crippen LogP contribution in [0, 0.1) is 6.92 Å². The van der Waals surface area contributed by atoms with Crippen LogP contribution in [0.2, 0.25) is 0 Å². The summed E-state index contributed by atoms with van der Waals surface area (Å²) in [5.41, 5.74) is 5.55. The lowest BCUT2D eigenvalue weighted by Gasteiger charge is -2.31. The maximum atomic E-state index is 9.12. The van der Waals surface area contributed by atoms with Gasteiger partial charge < -0.3 is 10.1 Å². The second-order valence-corrected chi connectivity index (χ2v) is 5.22. The first-order chi connectivity index (χ1) is 9.78. The number of rotatable bonds is 2. The van der Waals surface area contributed by atoms with Gasteiger partial charge in [-0.05, 0) is 18.6 Å². The number of oxime groups is 1. The summed E-state index contributed by atoms with van der Waals surface area (Å²) in [7, 11) is 0. The molecule has 0 fully saturated rings. The Balaban J connectivity index is 1.92. The molecule has 1 heterocycles. The molecule has 0 spiro atoms. The van der Waals surface area contributed by atoms with E-state index in [1.54, 1.807) is 0 Å². The van der Waals surface area contributed by atoms with Crippen molar-refractivity contribution >= 4 is 11.4 Å². The number of hydrogen-bond acceptors (Lipinski definition) is 3. The largest absolute Gasteiger partial charge is 0.411 e. The zero-order valence-electron chi connectivity index (χ0n) is 11.6. The Bertz CT molecular complexity index is 649. The summed E-state index contributed by atoms with van der Waals surface area (Å²) < 4.78 is 0. The van der Waals surface area contributed by atoms with Gasteiger partial charge in [0.2, 0.25) is 0 Å². The van der Waals surface area contributed by atoms with Crippen LogP contribution >= 0.6 is 0 Å². The Labute approximate surface area is 119 Å². The van der Waals surface area contributed by atoms with Crippen LogP contribution in [0.4, 0.5) is 5.69 Å². The average Bonchev–Trinajstić information content (AvgIpc) is 2.48. The Hall–Kier alpha value is -2.29. The lowest BCUT2D eigenvalue weighted by molar-refractivity contribution is 0.317. The van der Waals surface area contributed by atoms with E-state index >= 15 is 0 Å². The fourth-order valence-corrected chi connectivity index (χ4v) is 2.79. The maximum Gasteiger partial charge on any atom is 0.0906 e. The van der Waals surface area contributed by atoms with Gasteiger partial charge in [-0.25, -0.2) is 0 Å². The third-order valence-corrected chi connectivity index (χ3v) is 3.75. The third-order valence-electron chi connectivity index (χ3n) is 3.75. The van der Waals surface area contributed by atoms with Crippen molar-refractivity contribution in [2.75, 3.05) is 11.4 Å². The molecule has 2 aromatic carbocycles. The van der Waals surface area contributed by atoms with Gasteiger partial charge >= 0.3 is 0 Å². The van der Waals surface area contributed by atoms with Gasteiger partial charge in [0.15, 0.2) is 0 Å². The van der Waals surface area contributed by atoms with E-state index in [9.17, 15) is 0 Å². The van der Waals surface area contributed by atoms with Gasteiger partial charge in [-0.3, -0.25) is 0 Å². The lowest BCUT2D eigenvalue weighted by atomic mass is 9.99. The van der Waals surface area contributed by atoms with Crippen molar-refractivity contribution < 1.29 is 5.21 Å².